The van der Waals surface area contributed by atoms with Crippen molar-refractivity contribution in [3.8, 4) is 5.69 Å². The number of likely N-dealkylation sites (tertiary alicyclic amines) is 1. The predicted molar refractivity (Wildman–Crippen MR) is 91.5 cm³/mol. The highest BCUT2D eigenvalue weighted by Gasteiger charge is 2.29. The van der Waals surface area contributed by atoms with Crippen LogP contribution in [0.1, 0.15) is 29.5 Å². The number of carbonyl (C=O) groups excluding carboxylic acids is 1. The van der Waals surface area contributed by atoms with Crippen LogP contribution in [0, 0.1) is 0 Å². The number of amides is 1. The number of halogens is 2. The molecule has 6 nitrogen and oxygen atoms in total. The Kier molecular flexibility index (Phi) is 5.62. The molecule has 3 rings (SSSR count). The summed E-state index contributed by atoms with van der Waals surface area (Å²) in [5, 5.41) is 8.86. The van der Waals surface area contributed by atoms with Crippen LogP contribution in [0.3, 0.4) is 0 Å². The van der Waals surface area contributed by atoms with Crippen LogP contribution in [-0.4, -0.2) is 44.9 Å². The van der Waals surface area contributed by atoms with E-state index in [-0.39, 0.29) is 24.4 Å². The maximum Gasteiger partial charge on any atom is 0.276 e. The zero-order chi connectivity index (χ0) is 15.7. The van der Waals surface area contributed by atoms with Gasteiger partial charge >= 0.3 is 0 Å². The first-order chi connectivity index (χ1) is 10.6. The van der Waals surface area contributed by atoms with Crippen LogP contribution in [0.5, 0.6) is 0 Å². The second-order valence-corrected chi connectivity index (χ2v) is 5.87. The van der Waals surface area contributed by atoms with Crippen LogP contribution in [0.4, 0.5) is 0 Å². The van der Waals surface area contributed by atoms with Gasteiger partial charge in [-0.25, -0.2) is 4.68 Å². The van der Waals surface area contributed by atoms with Gasteiger partial charge in [0.15, 0.2) is 5.69 Å². The molecule has 0 unspecified atom stereocenters. The minimum absolute atomic E-state index is 0. The molecular formula is C15H19Cl2N5O. The fraction of sp³-hybridized carbons (Fsp3) is 0.400. The molecule has 1 aromatic carbocycles. The number of benzene rings is 1. The SMILES string of the molecule is CCc1c(C(=O)N2CC[C@@H](N)C2)nnn1-c1cccc(Cl)c1.Cl. The van der Waals surface area contributed by atoms with E-state index in [2.05, 4.69) is 10.3 Å². The van der Waals surface area contributed by atoms with Crippen molar-refractivity contribution in [2.45, 2.75) is 25.8 Å². The van der Waals surface area contributed by atoms with Crippen LogP contribution < -0.4 is 5.73 Å². The Morgan fingerprint density at radius 1 is 1.48 bits per heavy atom. The van der Waals surface area contributed by atoms with Gasteiger partial charge < -0.3 is 10.6 Å². The van der Waals surface area contributed by atoms with Crippen molar-refractivity contribution >= 4 is 29.9 Å². The fourth-order valence-corrected chi connectivity index (χ4v) is 2.91. The van der Waals surface area contributed by atoms with Crippen molar-refractivity contribution in [1.29, 1.82) is 0 Å². The molecule has 1 aromatic heterocycles. The third kappa shape index (κ3) is 3.49. The first kappa shape index (κ1) is 17.7. The normalized spacial score (nSPS) is 17.2. The number of nitrogens with zero attached hydrogens (tertiary/aromatic N) is 4. The summed E-state index contributed by atoms with van der Waals surface area (Å²) in [7, 11) is 0. The van der Waals surface area contributed by atoms with Gasteiger partial charge in [0.25, 0.3) is 5.91 Å². The summed E-state index contributed by atoms with van der Waals surface area (Å²) in [4.78, 5) is 14.4. The maximum atomic E-state index is 12.6. The molecule has 2 heterocycles. The Morgan fingerprint density at radius 3 is 2.87 bits per heavy atom. The molecule has 1 aliphatic rings. The molecular weight excluding hydrogens is 337 g/mol. The Labute approximate surface area is 146 Å². The van der Waals surface area contributed by atoms with Crippen molar-refractivity contribution < 1.29 is 4.79 Å². The third-order valence-corrected chi connectivity index (χ3v) is 4.10. The van der Waals surface area contributed by atoms with Crippen molar-refractivity contribution in [2.24, 2.45) is 5.73 Å². The molecule has 8 heteroatoms. The Morgan fingerprint density at radius 2 is 2.26 bits per heavy atom. The van der Waals surface area contributed by atoms with E-state index in [0.717, 1.165) is 17.8 Å². The van der Waals surface area contributed by atoms with Crippen molar-refractivity contribution in [3.05, 3.63) is 40.7 Å². The average molecular weight is 356 g/mol. The minimum Gasteiger partial charge on any atom is -0.336 e. The molecule has 0 saturated carbocycles. The van der Waals surface area contributed by atoms with Crippen LogP contribution in [0.2, 0.25) is 5.02 Å². The predicted octanol–water partition coefficient (Wildman–Crippen LogP) is 2.08. The highest BCUT2D eigenvalue weighted by atomic mass is 35.5. The standard InChI is InChI=1S/C15H18ClN5O.ClH/c1-2-13-14(15(22)20-7-6-11(17)9-20)18-19-21(13)12-5-3-4-10(16)8-12;/h3-5,8,11H,2,6-7,9,17H2,1H3;1H/t11-;/m1./s1. The molecule has 0 bridgehead atoms. The number of aromatic nitrogens is 3. The zero-order valence-corrected chi connectivity index (χ0v) is 14.3. The second kappa shape index (κ2) is 7.29. The lowest BCUT2D eigenvalue weighted by atomic mass is 10.2. The second-order valence-electron chi connectivity index (χ2n) is 5.43. The van der Waals surface area contributed by atoms with Crippen molar-refractivity contribution in [2.75, 3.05) is 13.1 Å². The van der Waals surface area contributed by atoms with Gasteiger partial charge in [0.2, 0.25) is 0 Å². The molecule has 2 N–H and O–H groups in total. The minimum atomic E-state index is -0.0990. The summed E-state index contributed by atoms with van der Waals surface area (Å²) < 4.78 is 1.68. The quantitative estimate of drug-likeness (QED) is 0.914. The molecule has 0 radical (unpaired) electrons. The monoisotopic (exact) mass is 355 g/mol. The Hall–Kier alpha value is -1.63. The van der Waals surface area contributed by atoms with E-state index in [1.807, 2.05) is 19.1 Å². The van der Waals surface area contributed by atoms with E-state index in [0.29, 0.717) is 30.2 Å². The van der Waals surface area contributed by atoms with Crippen molar-refractivity contribution in [1.82, 2.24) is 19.9 Å². The van der Waals surface area contributed by atoms with Gasteiger partial charge in [-0.2, -0.15) is 0 Å². The van der Waals surface area contributed by atoms with Crippen LogP contribution >= 0.6 is 24.0 Å². The van der Waals surface area contributed by atoms with E-state index >= 15 is 0 Å². The molecule has 0 spiro atoms. The van der Waals surface area contributed by atoms with Gasteiger partial charge in [0.05, 0.1) is 11.4 Å². The van der Waals surface area contributed by atoms with E-state index in [9.17, 15) is 4.79 Å². The van der Waals surface area contributed by atoms with Gasteiger partial charge in [-0.1, -0.05) is 29.8 Å². The average Bonchev–Trinajstić information content (AvgIpc) is 3.12. The highest BCUT2D eigenvalue weighted by Crippen LogP contribution is 2.20. The van der Waals surface area contributed by atoms with E-state index in [1.54, 1.807) is 21.7 Å². The maximum absolute atomic E-state index is 12.6. The van der Waals surface area contributed by atoms with Gasteiger partial charge in [0.1, 0.15) is 0 Å². The summed E-state index contributed by atoms with van der Waals surface area (Å²) in [6.45, 7) is 3.23. The van der Waals surface area contributed by atoms with Gasteiger partial charge in [-0.15, -0.1) is 17.5 Å². The van der Waals surface area contributed by atoms with Gasteiger partial charge in [-0.3, -0.25) is 4.79 Å². The van der Waals surface area contributed by atoms with Gasteiger partial charge in [-0.05, 0) is 31.0 Å². The van der Waals surface area contributed by atoms with E-state index < -0.39 is 0 Å². The molecule has 1 aliphatic heterocycles. The third-order valence-electron chi connectivity index (χ3n) is 3.87. The summed E-state index contributed by atoms with van der Waals surface area (Å²) in [5.74, 6) is -0.0990. The van der Waals surface area contributed by atoms with Crippen LogP contribution in [0.15, 0.2) is 24.3 Å². The molecule has 1 atom stereocenters. The lowest BCUT2D eigenvalue weighted by molar-refractivity contribution is 0.0784. The lowest BCUT2D eigenvalue weighted by Gasteiger charge is -2.15. The first-order valence-corrected chi connectivity index (χ1v) is 7.73. The number of nitrogens with two attached hydrogens (primary N) is 1. The molecule has 1 fully saturated rings. The molecule has 0 aliphatic carbocycles. The number of rotatable bonds is 3. The number of hydrogen-bond acceptors (Lipinski definition) is 4. The Bertz CT molecular complexity index is 703. The largest absolute Gasteiger partial charge is 0.336 e. The summed E-state index contributed by atoms with van der Waals surface area (Å²) in [5.41, 5.74) is 7.86. The zero-order valence-electron chi connectivity index (χ0n) is 12.8. The molecule has 23 heavy (non-hydrogen) atoms. The Balaban J connectivity index is 0.00000192. The number of hydrogen-bond donors (Lipinski definition) is 1. The molecule has 1 saturated heterocycles. The van der Waals surface area contributed by atoms with Crippen molar-refractivity contribution in [3.63, 3.8) is 0 Å². The number of carbonyl (C=O) groups is 1. The summed E-state index contributed by atoms with van der Waals surface area (Å²) in [6.07, 6.45) is 1.48. The molecule has 1 amide bonds. The lowest BCUT2D eigenvalue weighted by Crippen LogP contribution is -2.32. The summed E-state index contributed by atoms with van der Waals surface area (Å²) in [6, 6.07) is 7.39. The highest BCUT2D eigenvalue weighted by molar-refractivity contribution is 6.30. The molecule has 2 aromatic rings. The van der Waals surface area contributed by atoms with E-state index in [4.69, 9.17) is 17.3 Å². The van der Waals surface area contributed by atoms with E-state index in [1.165, 1.54) is 0 Å². The van der Waals surface area contributed by atoms with Gasteiger partial charge in [0, 0.05) is 24.2 Å². The first-order valence-electron chi connectivity index (χ1n) is 7.35. The topological polar surface area (TPSA) is 77.0 Å². The molecule has 124 valence electrons. The summed E-state index contributed by atoms with van der Waals surface area (Å²) >= 11 is 6.03. The van der Waals surface area contributed by atoms with Crippen LogP contribution in [0.25, 0.3) is 5.69 Å². The smallest absolute Gasteiger partial charge is 0.276 e. The van der Waals surface area contributed by atoms with Crippen LogP contribution in [-0.2, 0) is 6.42 Å². The fourth-order valence-electron chi connectivity index (χ4n) is 2.72.